The number of carbonyl (C=O) groups excluding carboxylic acids is 2. The summed E-state index contributed by atoms with van der Waals surface area (Å²) in [6.45, 7) is 1.71. The molecule has 2 aromatic rings. The lowest BCUT2D eigenvalue weighted by Gasteiger charge is -2.26. The Kier molecular flexibility index (Phi) is 2.95. The Morgan fingerprint density at radius 3 is 2.95 bits per heavy atom. The van der Waals surface area contributed by atoms with E-state index in [1.54, 1.807) is 4.90 Å². The van der Waals surface area contributed by atoms with Gasteiger partial charge in [-0.3, -0.25) is 9.59 Å². The molecule has 0 atom stereocenters. The maximum absolute atomic E-state index is 11.7. The molecule has 1 aliphatic heterocycles. The summed E-state index contributed by atoms with van der Waals surface area (Å²) in [5.41, 5.74) is 2.27. The van der Waals surface area contributed by atoms with Crippen molar-refractivity contribution in [3.05, 3.63) is 36.0 Å². The number of piperazine rings is 1. The third-order valence-electron chi connectivity index (χ3n) is 3.47. The summed E-state index contributed by atoms with van der Waals surface area (Å²) >= 11 is 0. The van der Waals surface area contributed by atoms with Gasteiger partial charge >= 0.3 is 11.8 Å². The van der Waals surface area contributed by atoms with Crippen molar-refractivity contribution < 1.29 is 9.59 Å². The standard InChI is InChI=1S/C14H15N3O2/c18-13-14(19)17(8-6-15-13)7-5-10-9-16-12-4-2-1-3-11(10)12/h1-4,9,16H,5-8H2,(H,15,18). The largest absolute Gasteiger partial charge is 0.361 e. The number of fused-ring (bicyclic) bond motifs is 1. The molecule has 0 saturated carbocycles. The summed E-state index contributed by atoms with van der Waals surface area (Å²) in [5, 5.41) is 3.73. The molecule has 2 N–H and O–H groups in total. The maximum Gasteiger partial charge on any atom is 0.311 e. The first-order chi connectivity index (χ1) is 9.25. The van der Waals surface area contributed by atoms with E-state index in [0.717, 1.165) is 11.9 Å². The molecule has 2 amide bonds. The number of amides is 2. The third-order valence-corrected chi connectivity index (χ3v) is 3.47. The van der Waals surface area contributed by atoms with E-state index < -0.39 is 11.8 Å². The fraction of sp³-hybridized carbons (Fsp3) is 0.286. The van der Waals surface area contributed by atoms with Gasteiger partial charge in [0, 0.05) is 36.7 Å². The lowest BCUT2D eigenvalue weighted by Crippen LogP contribution is -2.52. The van der Waals surface area contributed by atoms with Crippen LogP contribution >= 0.6 is 0 Å². The monoisotopic (exact) mass is 257 g/mol. The Bertz CT molecular complexity index is 632. The number of carbonyl (C=O) groups is 2. The van der Waals surface area contributed by atoms with Gasteiger partial charge in [-0.05, 0) is 18.1 Å². The Balaban J connectivity index is 1.72. The molecule has 0 spiro atoms. The van der Waals surface area contributed by atoms with Gasteiger partial charge in [0.2, 0.25) is 0 Å². The predicted molar refractivity (Wildman–Crippen MR) is 71.6 cm³/mol. The average Bonchev–Trinajstić information content (AvgIpc) is 2.84. The van der Waals surface area contributed by atoms with Gasteiger partial charge in [-0.1, -0.05) is 18.2 Å². The van der Waals surface area contributed by atoms with Crippen LogP contribution in [-0.4, -0.2) is 41.3 Å². The predicted octanol–water partition coefficient (Wildman–Crippen LogP) is 0.669. The molecular weight excluding hydrogens is 242 g/mol. The van der Waals surface area contributed by atoms with E-state index in [1.165, 1.54) is 10.9 Å². The van der Waals surface area contributed by atoms with Crippen LogP contribution in [0.15, 0.2) is 30.5 Å². The molecule has 1 saturated heterocycles. The molecule has 5 nitrogen and oxygen atoms in total. The minimum absolute atomic E-state index is 0.425. The first-order valence-corrected chi connectivity index (χ1v) is 6.38. The minimum Gasteiger partial charge on any atom is -0.361 e. The quantitative estimate of drug-likeness (QED) is 0.794. The molecule has 1 aromatic heterocycles. The molecule has 19 heavy (non-hydrogen) atoms. The summed E-state index contributed by atoms with van der Waals surface area (Å²) in [5.74, 6) is -0.920. The third kappa shape index (κ3) is 2.19. The van der Waals surface area contributed by atoms with Gasteiger partial charge in [-0.25, -0.2) is 0 Å². The number of aromatic amines is 1. The first-order valence-electron chi connectivity index (χ1n) is 6.38. The van der Waals surface area contributed by atoms with Gasteiger partial charge in [0.25, 0.3) is 0 Å². The number of H-pyrrole nitrogens is 1. The Morgan fingerprint density at radius 1 is 1.21 bits per heavy atom. The molecule has 5 heteroatoms. The lowest BCUT2D eigenvalue weighted by atomic mass is 10.1. The molecule has 0 bridgehead atoms. The van der Waals surface area contributed by atoms with Crippen molar-refractivity contribution in [2.75, 3.05) is 19.6 Å². The zero-order chi connectivity index (χ0) is 13.2. The van der Waals surface area contributed by atoms with Crippen LogP contribution in [0.25, 0.3) is 10.9 Å². The zero-order valence-electron chi connectivity index (χ0n) is 10.5. The second kappa shape index (κ2) is 4.76. The van der Waals surface area contributed by atoms with Gasteiger partial charge in [-0.2, -0.15) is 0 Å². The normalized spacial score (nSPS) is 15.9. The average molecular weight is 257 g/mol. The van der Waals surface area contributed by atoms with Gasteiger partial charge in [0.1, 0.15) is 0 Å². The van der Waals surface area contributed by atoms with Crippen molar-refractivity contribution in [1.82, 2.24) is 15.2 Å². The van der Waals surface area contributed by atoms with Crippen LogP contribution in [0.2, 0.25) is 0 Å². The van der Waals surface area contributed by atoms with Crippen LogP contribution in [-0.2, 0) is 16.0 Å². The van der Waals surface area contributed by atoms with Crippen LogP contribution in [0.5, 0.6) is 0 Å². The van der Waals surface area contributed by atoms with Crippen molar-refractivity contribution in [3.63, 3.8) is 0 Å². The second-order valence-corrected chi connectivity index (χ2v) is 4.66. The van der Waals surface area contributed by atoms with Gasteiger partial charge < -0.3 is 15.2 Å². The van der Waals surface area contributed by atoms with Gasteiger partial charge in [0.15, 0.2) is 0 Å². The number of nitrogens with one attached hydrogen (secondary N) is 2. The number of benzene rings is 1. The fourth-order valence-corrected chi connectivity index (χ4v) is 2.43. The van der Waals surface area contributed by atoms with E-state index in [4.69, 9.17) is 0 Å². The molecule has 0 radical (unpaired) electrons. The first kappa shape index (κ1) is 11.8. The second-order valence-electron chi connectivity index (χ2n) is 4.66. The molecule has 2 heterocycles. The smallest absolute Gasteiger partial charge is 0.311 e. The minimum atomic E-state index is -0.495. The molecule has 98 valence electrons. The molecule has 0 aliphatic carbocycles. The number of para-hydroxylation sites is 1. The Labute approximate surface area is 110 Å². The van der Waals surface area contributed by atoms with Crippen molar-refractivity contribution in [2.24, 2.45) is 0 Å². The van der Waals surface area contributed by atoms with Crippen molar-refractivity contribution in [1.29, 1.82) is 0 Å². The highest BCUT2D eigenvalue weighted by Gasteiger charge is 2.25. The fourth-order valence-electron chi connectivity index (χ4n) is 2.43. The summed E-state index contributed by atoms with van der Waals surface area (Å²) in [7, 11) is 0. The summed E-state index contributed by atoms with van der Waals surface area (Å²) in [6.07, 6.45) is 2.72. The number of hydrogen-bond donors (Lipinski definition) is 2. The van der Waals surface area contributed by atoms with Crippen molar-refractivity contribution >= 4 is 22.7 Å². The van der Waals surface area contributed by atoms with E-state index in [0.29, 0.717) is 19.6 Å². The van der Waals surface area contributed by atoms with Gasteiger partial charge in [-0.15, -0.1) is 0 Å². The number of nitrogens with zero attached hydrogens (tertiary/aromatic N) is 1. The summed E-state index contributed by atoms with van der Waals surface area (Å²) in [4.78, 5) is 27.7. The van der Waals surface area contributed by atoms with E-state index in [-0.39, 0.29) is 0 Å². The van der Waals surface area contributed by atoms with Gasteiger partial charge in [0.05, 0.1) is 0 Å². The molecule has 1 aromatic carbocycles. The Morgan fingerprint density at radius 2 is 2.05 bits per heavy atom. The molecule has 1 fully saturated rings. The molecule has 3 rings (SSSR count). The zero-order valence-corrected chi connectivity index (χ0v) is 10.5. The molecule has 1 aliphatic rings. The Hall–Kier alpha value is -2.30. The van der Waals surface area contributed by atoms with Crippen molar-refractivity contribution in [2.45, 2.75) is 6.42 Å². The molecular formula is C14H15N3O2. The van der Waals surface area contributed by atoms with E-state index in [2.05, 4.69) is 16.4 Å². The van der Waals surface area contributed by atoms with E-state index in [9.17, 15) is 9.59 Å². The lowest BCUT2D eigenvalue weighted by molar-refractivity contribution is -0.148. The maximum atomic E-state index is 11.7. The topological polar surface area (TPSA) is 65.2 Å². The van der Waals surface area contributed by atoms with Crippen LogP contribution in [0.4, 0.5) is 0 Å². The number of rotatable bonds is 3. The van der Waals surface area contributed by atoms with Crippen LogP contribution in [0.3, 0.4) is 0 Å². The summed E-state index contributed by atoms with van der Waals surface area (Å²) in [6, 6.07) is 8.07. The highest BCUT2D eigenvalue weighted by atomic mass is 16.2. The number of aromatic nitrogens is 1. The highest BCUT2D eigenvalue weighted by molar-refractivity contribution is 6.35. The van der Waals surface area contributed by atoms with Crippen LogP contribution in [0.1, 0.15) is 5.56 Å². The SMILES string of the molecule is O=C1NCCN(CCc2c[nH]c3ccccc23)C1=O. The summed E-state index contributed by atoms with van der Waals surface area (Å²) < 4.78 is 0. The molecule has 0 unspecified atom stereocenters. The number of hydrogen-bond acceptors (Lipinski definition) is 2. The van der Waals surface area contributed by atoms with E-state index >= 15 is 0 Å². The van der Waals surface area contributed by atoms with Crippen molar-refractivity contribution in [3.8, 4) is 0 Å². The highest BCUT2D eigenvalue weighted by Crippen LogP contribution is 2.18. The van der Waals surface area contributed by atoms with E-state index in [1.807, 2.05) is 24.4 Å². The van der Waals surface area contributed by atoms with Crippen LogP contribution in [0, 0.1) is 0 Å². The van der Waals surface area contributed by atoms with Crippen LogP contribution < -0.4 is 5.32 Å².